The fourth-order valence-electron chi connectivity index (χ4n) is 2.03. The first kappa shape index (κ1) is 14.7. The van der Waals surface area contributed by atoms with Gasteiger partial charge in [0.15, 0.2) is 0 Å². The minimum Gasteiger partial charge on any atom is -0.312 e. The third-order valence-electron chi connectivity index (χ3n) is 2.99. The van der Waals surface area contributed by atoms with Crippen LogP contribution in [0.15, 0.2) is 22.7 Å². The lowest BCUT2D eigenvalue weighted by molar-refractivity contribution is -0.138. The van der Waals surface area contributed by atoms with Gasteiger partial charge < -0.3 is 4.90 Å². The number of halogens is 5. The van der Waals surface area contributed by atoms with Crippen molar-refractivity contribution in [2.75, 3.05) is 17.3 Å². The van der Waals surface area contributed by atoms with Crippen LogP contribution >= 0.6 is 27.5 Å². The van der Waals surface area contributed by atoms with Crippen LogP contribution in [0.5, 0.6) is 0 Å². The van der Waals surface area contributed by atoms with E-state index in [0.717, 1.165) is 6.07 Å². The maximum Gasteiger partial charge on any atom is 0.417 e. The number of alkyl halides is 4. The standard InChI is InChI=1S/C12H10BrClF3NO/c13-10-2-1-8(4-9(10)12(15,16)17)18-6-7(5-14)3-11(18)19/h1-2,4,7H,3,5-6H2. The van der Waals surface area contributed by atoms with Crippen molar-refractivity contribution in [3.05, 3.63) is 28.2 Å². The average molecular weight is 357 g/mol. The van der Waals surface area contributed by atoms with E-state index in [0.29, 0.717) is 12.4 Å². The Morgan fingerprint density at radius 1 is 1.42 bits per heavy atom. The molecule has 7 heteroatoms. The SMILES string of the molecule is O=C1CC(CCl)CN1c1ccc(Br)c(C(F)(F)F)c1. The number of carbonyl (C=O) groups is 1. The van der Waals surface area contributed by atoms with Gasteiger partial charge >= 0.3 is 6.18 Å². The maximum atomic E-state index is 12.8. The van der Waals surface area contributed by atoms with Crippen LogP contribution in [0.3, 0.4) is 0 Å². The zero-order valence-electron chi connectivity index (χ0n) is 9.68. The Labute approximate surface area is 121 Å². The van der Waals surface area contributed by atoms with Gasteiger partial charge in [0.25, 0.3) is 0 Å². The van der Waals surface area contributed by atoms with Gasteiger partial charge in [0, 0.05) is 29.0 Å². The van der Waals surface area contributed by atoms with Crippen molar-refractivity contribution in [3.8, 4) is 0 Å². The van der Waals surface area contributed by atoms with Gasteiger partial charge in [-0.15, -0.1) is 11.6 Å². The Balaban J connectivity index is 2.34. The molecule has 1 aromatic carbocycles. The van der Waals surface area contributed by atoms with Gasteiger partial charge in [0.2, 0.25) is 5.91 Å². The Morgan fingerprint density at radius 2 is 2.11 bits per heavy atom. The summed E-state index contributed by atoms with van der Waals surface area (Å²) >= 11 is 8.56. The lowest BCUT2D eigenvalue weighted by atomic mass is 10.1. The van der Waals surface area contributed by atoms with Crippen molar-refractivity contribution in [2.45, 2.75) is 12.6 Å². The van der Waals surface area contributed by atoms with Crippen molar-refractivity contribution in [3.63, 3.8) is 0 Å². The second-order valence-corrected chi connectivity index (χ2v) is 5.55. The monoisotopic (exact) mass is 355 g/mol. The number of carbonyl (C=O) groups excluding carboxylic acids is 1. The van der Waals surface area contributed by atoms with Crippen molar-refractivity contribution in [2.24, 2.45) is 5.92 Å². The molecule has 1 unspecified atom stereocenters. The summed E-state index contributed by atoms with van der Waals surface area (Å²) in [4.78, 5) is 13.1. The molecule has 0 radical (unpaired) electrons. The molecule has 0 aliphatic carbocycles. The summed E-state index contributed by atoms with van der Waals surface area (Å²) in [6, 6.07) is 3.78. The quantitative estimate of drug-likeness (QED) is 0.732. The molecule has 1 aliphatic heterocycles. The first-order valence-electron chi connectivity index (χ1n) is 5.56. The lowest BCUT2D eigenvalue weighted by Crippen LogP contribution is -2.25. The lowest BCUT2D eigenvalue weighted by Gasteiger charge is -2.19. The van der Waals surface area contributed by atoms with Crippen LogP contribution in [0.25, 0.3) is 0 Å². The molecular weight excluding hydrogens is 346 g/mol. The van der Waals surface area contributed by atoms with Gasteiger partial charge in [-0.25, -0.2) is 0 Å². The van der Waals surface area contributed by atoms with Crippen molar-refractivity contribution >= 4 is 39.1 Å². The van der Waals surface area contributed by atoms with E-state index in [1.54, 1.807) is 0 Å². The predicted octanol–water partition coefficient (Wildman–Crippen LogP) is 4.06. The smallest absolute Gasteiger partial charge is 0.312 e. The molecule has 0 bridgehead atoms. The van der Waals surface area contributed by atoms with E-state index in [-0.39, 0.29) is 28.4 Å². The van der Waals surface area contributed by atoms with Crippen LogP contribution in [0.4, 0.5) is 18.9 Å². The van der Waals surface area contributed by atoms with E-state index in [1.807, 2.05) is 0 Å². The normalized spacial score (nSPS) is 20.2. The molecule has 0 saturated carbocycles. The van der Waals surface area contributed by atoms with Gasteiger partial charge in [0.05, 0.1) is 5.56 Å². The van der Waals surface area contributed by atoms with Gasteiger partial charge in [-0.1, -0.05) is 15.9 Å². The first-order valence-corrected chi connectivity index (χ1v) is 6.88. The summed E-state index contributed by atoms with van der Waals surface area (Å²) < 4.78 is 38.4. The van der Waals surface area contributed by atoms with Crippen molar-refractivity contribution in [1.29, 1.82) is 0 Å². The minimum absolute atomic E-state index is 0.00727. The molecule has 0 spiro atoms. The van der Waals surface area contributed by atoms with Crippen LogP contribution in [0, 0.1) is 5.92 Å². The van der Waals surface area contributed by atoms with E-state index < -0.39 is 11.7 Å². The van der Waals surface area contributed by atoms with E-state index in [4.69, 9.17) is 11.6 Å². The van der Waals surface area contributed by atoms with E-state index >= 15 is 0 Å². The molecule has 1 saturated heterocycles. The topological polar surface area (TPSA) is 20.3 Å². The van der Waals surface area contributed by atoms with Gasteiger partial charge in [0.1, 0.15) is 0 Å². The number of amides is 1. The second kappa shape index (κ2) is 5.32. The molecule has 104 valence electrons. The molecule has 1 aliphatic rings. The molecule has 2 nitrogen and oxygen atoms in total. The van der Waals surface area contributed by atoms with Crippen LogP contribution in [0.1, 0.15) is 12.0 Å². The molecule has 19 heavy (non-hydrogen) atoms. The van der Waals surface area contributed by atoms with E-state index in [9.17, 15) is 18.0 Å². The Hall–Kier alpha value is -0.750. The summed E-state index contributed by atoms with van der Waals surface area (Å²) in [7, 11) is 0. The highest BCUT2D eigenvalue weighted by Gasteiger charge is 2.35. The molecule has 1 atom stereocenters. The number of rotatable bonds is 2. The van der Waals surface area contributed by atoms with E-state index in [1.165, 1.54) is 17.0 Å². The summed E-state index contributed by atoms with van der Waals surface area (Å²) in [5, 5.41) is 0. The minimum atomic E-state index is -4.45. The van der Waals surface area contributed by atoms with Crippen LogP contribution in [0.2, 0.25) is 0 Å². The fraction of sp³-hybridized carbons (Fsp3) is 0.417. The van der Waals surface area contributed by atoms with Crippen molar-refractivity contribution in [1.82, 2.24) is 0 Å². The highest BCUT2D eigenvalue weighted by molar-refractivity contribution is 9.10. The number of benzene rings is 1. The molecule has 0 aromatic heterocycles. The highest BCUT2D eigenvalue weighted by Crippen LogP contribution is 2.38. The summed E-state index contributed by atoms with van der Waals surface area (Å²) in [6.45, 7) is 0.362. The molecular formula is C12H10BrClF3NO. The molecule has 1 heterocycles. The molecule has 0 N–H and O–H groups in total. The van der Waals surface area contributed by atoms with Crippen LogP contribution < -0.4 is 4.90 Å². The highest BCUT2D eigenvalue weighted by atomic mass is 79.9. The third-order valence-corrected chi connectivity index (χ3v) is 4.12. The second-order valence-electron chi connectivity index (χ2n) is 4.39. The van der Waals surface area contributed by atoms with Gasteiger partial charge in [-0.05, 0) is 24.1 Å². The number of nitrogens with zero attached hydrogens (tertiary/aromatic N) is 1. The molecule has 2 rings (SSSR count). The molecule has 1 aromatic rings. The Morgan fingerprint density at radius 3 is 2.63 bits per heavy atom. The van der Waals surface area contributed by atoms with E-state index in [2.05, 4.69) is 15.9 Å². The molecule has 1 fully saturated rings. The zero-order valence-corrected chi connectivity index (χ0v) is 12.0. The molecule has 1 amide bonds. The number of hydrogen-bond donors (Lipinski definition) is 0. The van der Waals surface area contributed by atoms with Gasteiger partial charge in [-0.3, -0.25) is 4.79 Å². The summed E-state index contributed by atoms with van der Waals surface area (Å²) in [5.41, 5.74) is -0.528. The maximum absolute atomic E-state index is 12.8. The average Bonchev–Trinajstić information content (AvgIpc) is 2.70. The predicted molar refractivity (Wildman–Crippen MR) is 70.3 cm³/mol. The third kappa shape index (κ3) is 3.05. The summed E-state index contributed by atoms with van der Waals surface area (Å²) in [6.07, 6.45) is -4.18. The van der Waals surface area contributed by atoms with Crippen LogP contribution in [-0.4, -0.2) is 18.3 Å². The van der Waals surface area contributed by atoms with Crippen LogP contribution in [-0.2, 0) is 11.0 Å². The zero-order chi connectivity index (χ0) is 14.2. The number of hydrogen-bond acceptors (Lipinski definition) is 1. The largest absolute Gasteiger partial charge is 0.417 e. The summed E-state index contributed by atoms with van der Waals surface area (Å²) in [5.74, 6) is 0.124. The fourth-order valence-corrected chi connectivity index (χ4v) is 2.71. The first-order chi connectivity index (χ1) is 8.82. The Kier molecular flexibility index (Phi) is 4.11. The Bertz CT molecular complexity index is 506. The van der Waals surface area contributed by atoms with Gasteiger partial charge in [-0.2, -0.15) is 13.2 Å². The number of anilines is 1. The van der Waals surface area contributed by atoms with Crippen molar-refractivity contribution < 1.29 is 18.0 Å².